The van der Waals surface area contributed by atoms with Crippen molar-refractivity contribution in [3.8, 4) is 5.75 Å². The van der Waals surface area contributed by atoms with Crippen LogP contribution in [0.3, 0.4) is 0 Å². The summed E-state index contributed by atoms with van der Waals surface area (Å²) < 4.78 is 5.44. The predicted molar refractivity (Wildman–Crippen MR) is 85.9 cm³/mol. The second kappa shape index (κ2) is 6.50. The first-order valence-electron chi connectivity index (χ1n) is 6.50. The number of rotatable bonds is 4. The molecule has 0 spiro atoms. The van der Waals surface area contributed by atoms with Gasteiger partial charge in [0.25, 0.3) is 5.91 Å². The average Bonchev–Trinajstić information content (AvgIpc) is 2.43. The Balaban J connectivity index is 1.94. The van der Waals surface area contributed by atoms with Gasteiger partial charge in [0.15, 0.2) is 6.61 Å². The molecule has 0 aliphatic carbocycles. The van der Waals surface area contributed by atoms with Gasteiger partial charge >= 0.3 is 0 Å². The molecule has 2 rings (SSSR count). The zero-order chi connectivity index (χ0) is 15.4. The van der Waals surface area contributed by atoms with Gasteiger partial charge in [-0.2, -0.15) is 0 Å². The van der Waals surface area contributed by atoms with Gasteiger partial charge in [-0.3, -0.25) is 4.79 Å². The van der Waals surface area contributed by atoms with Gasteiger partial charge in [-0.25, -0.2) is 0 Å². The van der Waals surface area contributed by atoms with Crippen molar-refractivity contribution in [3.63, 3.8) is 0 Å². The minimum Gasteiger partial charge on any atom is -0.484 e. The molecule has 2 aromatic rings. The van der Waals surface area contributed by atoms with Crippen molar-refractivity contribution >= 4 is 28.9 Å². The molecule has 0 aliphatic heterocycles. The van der Waals surface area contributed by atoms with Gasteiger partial charge in [-0.15, -0.1) is 0 Å². The summed E-state index contributed by atoms with van der Waals surface area (Å²) in [6, 6.07) is 10.6. The molecular formula is C16H17ClN2O2. The van der Waals surface area contributed by atoms with Crippen LogP contribution in [0.25, 0.3) is 0 Å². The Bertz CT molecular complexity index is 671. The summed E-state index contributed by atoms with van der Waals surface area (Å²) in [6.45, 7) is 3.70. The van der Waals surface area contributed by atoms with Crippen LogP contribution in [0.4, 0.5) is 11.4 Å². The van der Waals surface area contributed by atoms with E-state index < -0.39 is 0 Å². The summed E-state index contributed by atoms with van der Waals surface area (Å²) in [5, 5.41) is 3.46. The van der Waals surface area contributed by atoms with E-state index in [9.17, 15) is 4.79 Å². The summed E-state index contributed by atoms with van der Waals surface area (Å²) >= 11 is 5.94. The number of nitrogens with one attached hydrogen (secondary N) is 1. The van der Waals surface area contributed by atoms with E-state index in [-0.39, 0.29) is 12.5 Å². The van der Waals surface area contributed by atoms with Crippen molar-refractivity contribution in [3.05, 3.63) is 52.5 Å². The van der Waals surface area contributed by atoms with Crippen molar-refractivity contribution in [2.24, 2.45) is 0 Å². The number of hydrogen-bond acceptors (Lipinski definition) is 3. The molecule has 0 aliphatic rings. The highest BCUT2D eigenvalue weighted by molar-refractivity contribution is 6.31. The van der Waals surface area contributed by atoms with E-state index in [1.54, 1.807) is 36.4 Å². The van der Waals surface area contributed by atoms with Crippen LogP contribution < -0.4 is 15.8 Å². The number of anilines is 2. The highest BCUT2D eigenvalue weighted by atomic mass is 35.5. The Hall–Kier alpha value is -2.20. The van der Waals surface area contributed by atoms with E-state index in [1.807, 2.05) is 13.8 Å². The predicted octanol–water partition coefficient (Wildman–Crippen LogP) is 3.56. The number of amides is 1. The Morgan fingerprint density at radius 1 is 1.19 bits per heavy atom. The fourth-order valence-corrected chi connectivity index (χ4v) is 1.99. The fraction of sp³-hybridized carbons (Fsp3) is 0.188. The van der Waals surface area contributed by atoms with Crippen LogP contribution in [0.1, 0.15) is 11.1 Å². The molecule has 0 unspecified atom stereocenters. The molecule has 110 valence electrons. The standard InChI is InChI=1S/C16H17ClN2O2/c1-10-8-13(4-5-14(10)17)21-9-16(20)19-15-6-3-12(18)7-11(15)2/h3-8H,9,18H2,1-2H3,(H,19,20). The maximum Gasteiger partial charge on any atom is 0.262 e. The average molecular weight is 305 g/mol. The van der Waals surface area contributed by atoms with Crippen LogP contribution in [0.2, 0.25) is 5.02 Å². The van der Waals surface area contributed by atoms with Crippen LogP contribution >= 0.6 is 11.6 Å². The Morgan fingerprint density at radius 3 is 2.62 bits per heavy atom. The summed E-state index contributed by atoms with van der Waals surface area (Å²) in [7, 11) is 0. The highest BCUT2D eigenvalue weighted by Crippen LogP contribution is 2.21. The zero-order valence-corrected chi connectivity index (χ0v) is 12.7. The van der Waals surface area contributed by atoms with Gasteiger partial charge < -0.3 is 15.8 Å². The van der Waals surface area contributed by atoms with Crippen molar-refractivity contribution in [2.45, 2.75) is 13.8 Å². The van der Waals surface area contributed by atoms with Crippen molar-refractivity contribution in [2.75, 3.05) is 17.7 Å². The first-order chi connectivity index (χ1) is 9.95. The van der Waals surface area contributed by atoms with E-state index >= 15 is 0 Å². The third-order valence-corrected chi connectivity index (χ3v) is 3.45. The van der Waals surface area contributed by atoms with E-state index in [4.69, 9.17) is 22.1 Å². The first kappa shape index (κ1) is 15.2. The second-order valence-electron chi connectivity index (χ2n) is 4.82. The summed E-state index contributed by atoms with van der Waals surface area (Å²) in [6.07, 6.45) is 0. The molecule has 0 bridgehead atoms. The minimum absolute atomic E-state index is 0.0646. The molecule has 4 nitrogen and oxygen atoms in total. The molecule has 2 aromatic carbocycles. The van der Waals surface area contributed by atoms with Crippen LogP contribution in [0.5, 0.6) is 5.75 Å². The molecule has 21 heavy (non-hydrogen) atoms. The smallest absolute Gasteiger partial charge is 0.262 e. The molecule has 0 saturated heterocycles. The first-order valence-corrected chi connectivity index (χ1v) is 6.88. The number of aryl methyl sites for hydroxylation is 2. The number of nitrogen functional groups attached to an aromatic ring is 1. The maximum absolute atomic E-state index is 11.9. The second-order valence-corrected chi connectivity index (χ2v) is 5.23. The molecular weight excluding hydrogens is 288 g/mol. The minimum atomic E-state index is -0.226. The van der Waals surface area contributed by atoms with Gasteiger partial charge in [0, 0.05) is 16.4 Å². The summed E-state index contributed by atoms with van der Waals surface area (Å²) in [4.78, 5) is 11.9. The van der Waals surface area contributed by atoms with Gasteiger partial charge in [-0.1, -0.05) is 11.6 Å². The molecule has 0 aromatic heterocycles. The molecule has 0 atom stereocenters. The van der Waals surface area contributed by atoms with Crippen molar-refractivity contribution in [1.82, 2.24) is 0 Å². The number of nitrogens with two attached hydrogens (primary N) is 1. The number of ether oxygens (including phenoxy) is 1. The van der Waals surface area contributed by atoms with E-state index in [1.165, 1.54) is 0 Å². The molecule has 5 heteroatoms. The monoisotopic (exact) mass is 304 g/mol. The fourth-order valence-electron chi connectivity index (χ4n) is 1.87. The third kappa shape index (κ3) is 4.13. The van der Waals surface area contributed by atoms with E-state index in [0.717, 1.165) is 16.8 Å². The molecule has 0 heterocycles. The lowest BCUT2D eigenvalue weighted by molar-refractivity contribution is -0.118. The van der Waals surface area contributed by atoms with Crippen molar-refractivity contribution in [1.29, 1.82) is 0 Å². The number of carbonyl (C=O) groups excluding carboxylic acids is 1. The molecule has 0 fully saturated rings. The highest BCUT2D eigenvalue weighted by Gasteiger charge is 2.07. The van der Waals surface area contributed by atoms with Crippen molar-refractivity contribution < 1.29 is 9.53 Å². The Morgan fingerprint density at radius 2 is 1.95 bits per heavy atom. The quantitative estimate of drug-likeness (QED) is 0.849. The van der Waals surface area contributed by atoms with E-state index in [0.29, 0.717) is 16.5 Å². The Kier molecular flexibility index (Phi) is 4.70. The lowest BCUT2D eigenvalue weighted by Gasteiger charge is -2.10. The summed E-state index contributed by atoms with van der Waals surface area (Å²) in [5.41, 5.74) is 8.88. The van der Waals surface area contributed by atoms with Gasteiger partial charge in [0.05, 0.1) is 0 Å². The Labute approximate surface area is 128 Å². The molecule has 0 saturated carbocycles. The number of carbonyl (C=O) groups is 1. The maximum atomic E-state index is 11.9. The van der Waals surface area contributed by atoms with Gasteiger partial charge in [-0.05, 0) is 61.4 Å². The van der Waals surface area contributed by atoms with Crippen LogP contribution in [-0.2, 0) is 4.79 Å². The number of hydrogen-bond donors (Lipinski definition) is 2. The molecule has 0 radical (unpaired) electrons. The summed E-state index contributed by atoms with van der Waals surface area (Å²) in [5.74, 6) is 0.386. The normalized spacial score (nSPS) is 10.2. The van der Waals surface area contributed by atoms with Crippen LogP contribution in [0.15, 0.2) is 36.4 Å². The van der Waals surface area contributed by atoms with Crippen LogP contribution in [-0.4, -0.2) is 12.5 Å². The van der Waals surface area contributed by atoms with Gasteiger partial charge in [0.1, 0.15) is 5.75 Å². The lowest BCUT2D eigenvalue weighted by atomic mass is 10.2. The zero-order valence-electron chi connectivity index (χ0n) is 11.9. The van der Waals surface area contributed by atoms with Gasteiger partial charge in [0.2, 0.25) is 0 Å². The molecule has 1 amide bonds. The molecule has 3 N–H and O–H groups in total. The number of benzene rings is 2. The van der Waals surface area contributed by atoms with E-state index in [2.05, 4.69) is 5.32 Å². The van der Waals surface area contributed by atoms with Crippen LogP contribution in [0, 0.1) is 13.8 Å². The lowest BCUT2D eigenvalue weighted by Crippen LogP contribution is -2.20. The third-order valence-electron chi connectivity index (χ3n) is 3.02. The number of halogens is 1. The topological polar surface area (TPSA) is 64.3 Å². The largest absolute Gasteiger partial charge is 0.484 e. The SMILES string of the molecule is Cc1cc(OCC(=O)Nc2ccc(N)cc2C)ccc1Cl.